The third-order valence-electron chi connectivity index (χ3n) is 7.96. The lowest BCUT2D eigenvalue weighted by atomic mass is 10.0. The van der Waals surface area contributed by atoms with E-state index in [1.54, 1.807) is 4.90 Å². The second kappa shape index (κ2) is 15.5. The van der Waals surface area contributed by atoms with E-state index in [0.717, 1.165) is 75.5 Å². The minimum atomic E-state index is -0.396. The van der Waals surface area contributed by atoms with Crippen molar-refractivity contribution in [1.82, 2.24) is 9.80 Å². The first-order valence-electron chi connectivity index (χ1n) is 14.8. The van der Waals surface area contributed by atoms with Gasteiger partial charge in [0.25, 0.3) is 0 Å². The molecule has 1 atom stereocenters. The fraction of sp³-hybridized carbons (Fsp3) is 0.516. The van der Waals surface area contributed by atoms with Gasteiger partial charge in [0.1, 0.15) is 11.8 Å². The highest BCUT2D eigenvalue weighted by molar-refractivity contribution is 6.43. The van der Waals surface area contributed by atoms with Crippen LogP contribution < -0.4 is 20.7 Å². The number of aryl methyl sites for hydroxylation is 1. The molecule has 0 unspecified atom stereocenters. The second-order valence-corrected chi connectivity index (χ2v) is 11.6. The van der Waals surface area contributed by atoms with E-state index in [9.17, 15) is 14.4 Å². The summed E-state index contributed by atoms with van der Waals surface area (Å²) in [6, 6.07) is 11.4. The molecule has 11 heteroatoms. The molecule has 228 valence electrons. The van der Waals surface area contributed by atoms with Crippen LogP contribution in [0.4, 0.5) is 11.4 Å². The van der Waals surface area contributed by atoms with Gasteiger partial charge in [-0.05, 0) is 62.4 Å². The number of hydrogen-bond acceptors (Lipinski definition) is 6. The molecule has 0 bridgehead atoms. The van der Waals surface area contributed by atoms with Gasteiger partial charge in [-0.15, -0.1) is 0 Å². The summed E-state index contributed by atoms with van der Waals surface area (Å²) in [5.41, 5.74) is 8.25. The van der Waals surface area contributed by atoms with Crippen LogP contribution in [0, 0.1) is 0 Å². The molecule has 0 saturated carbocycles. The van der Waals surface area contributed by atoms with E-state index in [4.69, 9.17) is 33.7 Å². The number of amides is 3. The normalized spacial score (nSPS) is 17.7. The molecule has 3 aliphatic rings. The van der Waals surface area contributed by atoms with Crippen molar-refractivity contribution in [3.05, 3.63) is 52.0 Å². The molecule has 0 aliphatic carbocycles. The number of nitrogens with one attached hydrogen (secondary N) is 1. The molecule has 3 N–H and O–H groups in total. The van der Waals surface area contributed by atoms with E-state index in [2.05, 4.69) is 21.2 Å². The quantitative estimate of drug-likeness (QED) is 0.373. The number of unbranched alkanes of at least 4 members (excludes halogenated alkanes) is 1. The number of anilines is 2. The van der Waals surface area contributed by atoms with Gasteiger partial charge in [-0.3, -0.25) is 19.3 Å². The zero-order chi connectivity index (χ0) is 30.1. The second-order valence-electron chi connectivity index (χ2n) is 10.8. The highest BCUT2D eigenvalue weighted by atomic mass is 35.5. The molecule has 2 saturated heterocycles. The topological polar surface area (TPSA) is 108 Å². The third kappa shape index (κ3) is 8.52. The molecule has 3 aliphatic heterocycles. The number of carbonyl (C=O) groups is 3. The minimum Gasteiger partial charge on any atom is -0.494 e. The van der Waals surface area contributed by atoms with Crippen LogP contribution >= 0.6 is 23.2 Å². The minimum absolute atomic E-state index is 0.0562. The maximum Gasteiger partial charge on any atom is 0.240 e. The maximum atomic E-state index is 11.5. The van der Waals surface area contributed by atoms with Crippen LogP contribution in [0.15, 0.2) is 36.4 Å². The summed E-state index contributed by atoms with van der Waals surface area (Å²) in [6.07, 6.45) is 5.49. The van der Waals surface area contributed by atoms with Crippen molar-refractivity contribution in [2.75, 3.05) is 56.1 Å². The highest BCUT2D eigenvalue weighted by Crippen LogP contribution is 2.33. The molecular formula is C31H41Cl2N5O4. The summed E-state index contributed by atoms with van der Waals surface area (Å²) in [5.74, 6) is 0.564. The predicted octanol–water partition coefficient (Wildman–Crippen LogP) is 4.73. The Balaban J connectivity index is 0.000000283. The van der Waals surface area contributed by atoms with Crippen LogP contribution in [-0.4, -0.2) is 79.4 Å². The molecule has 0 aromatic heterocycles. The number of hydrogen-bond donors (Lipinski definition) is 2. The van der Waals surface area contributed by atoms with Gasteiger partial charge in [0.2, 0.25) is 17.7 Å². The van der Waals surface area contributed by atoms with E-state index >= 15 is 0 Å². The lowest BCUT2D eigenvalue weighted by molar-refractivity contribution is -0.136. The van der Waals surface area contributed by atoms with Crippen LogP contribution in [0.1, 0.15) is 51.0 Å². The van der Waals surface area contributed by atoms with Crippen molar-refractivity contribution >= 4 is 52.3 Å². The Morgan fingerprint density at radius 1 is 1.02 bits per heavy atom. The number of piperazine rings is 1. The van der Waals surface area contributed by atoms with E-state index < -0.39 is 5.91 Å². The standard InChI is InChI=1S/C23H27Cl2N3O2.C8H14N2O2/c24-19-4-3-5-21(23(19)25)28-13-11-27(12-14-28)10-1-2-15-30-18-8-6-17-7-9-22(29)26-20(17)16-18;1-2-6(8(9)12)10-5-3-4-7(10)11/h3-6,8,16H,1-2,7,9-15H2,(H,26,29);6H,2-5H2,1H3,(H2,9,12)/t;6-/m.0/s1. The zero-order valence-corrected chi connectivity index (χ0v) is 25.8. The van der Waals surface area contributed by atoms with Crippen molar-refractivity contribution in [3.8, 4) is 5.75 Å². The molecule has 42 heavy (non-hydrogen) atoms. The number of likely N-dealkylation sites (tertiary alicyclic amines) is 1. The largest absolute Gasteiger partial charge is 0.494 e. The number of benzene rings is 2. The van der Waals surface area contributed by atoms with E-state index in [0.29, 0.717) is 42.5 Å². The van der Waals surface area contributed by atoms with Gasteiger partial charge >= 0.3 is 0 Å². The number of primary amides is 1. The molecule has 9 nitrogen and oxygen atoms in total. The molecule has 2 fully saturated rings. The van der Waals surface area contributed by atoms with Crippen LogP contribution in [0.25, 0.3) is 0 Å². The van der Waals surface area contributed by atoms with Crippen molar-refractivity contribution in [2.45, 2.75) is 57.9 Å². The number of nitrogens with zero attached hydrogens (tertiary/aromatic N) is 3. The van der Waals surface area contributed by atoms with Crippen molar-refractivity contribution in [3.63, 3.8) is 0 Å². The number of fused-ring (bicyclic) bond motifs is 1. The Morgan fingerprint density at radius 2 is 1.81 bits per heavy atom. The van der Waals surface area contributed by atoms with Crippen LogP contribution in [0.3, 0.4) is 0 Å². The van der Waals surface area contributed by atoms with E-state index in [1.165, 1.54) is 5.56 Å². The zero-order valence-electron chi connectivity index (χ0n) is 24.2. The van der Waals surface area contributed by atoms with Gasteiger partial charge in [-0.2, -0.15) is 0 Å². The number of carbonyl (C=O) groups excluding carboxylic acids is 3. The fourth-order valence-corrected chi connectivity index (χ4v) is 6.01. The molecular weight excluding hydrogens is 577 g/mol. The van der Waals surface area contributed by atoms with Gasteiger partial charge < -0.3 is 25.6 Å². The monoisotopic (exact) mass is 617 g/mol. The maximum absolute atomic E-state index is 11.5. The number of halogens is 2. The molecule has 3 heterocycles. The predicted molar refractivity (Wildman–Crippen MR) is 167 cm³/mol. The Labute approximate surface area is 258 Å². The fourth-order valence-electron chi connectivity index (χ4n) is 5.59. The van der Waals surface area contributed by atoms with Crippen molar-refractivity contribution in [1.29, 1.82) is 0 Å². The first-order valence-corrected chi connectivity index (χ1v) is 15.6. The van der Waals surface area contributed by atoms with Crippen LogP contribution in [-0.2, 0) is 20.8 Å². The van der Waals surface area contributed by atoms with Crippen LogP contribution in [0.2, 0.25) is 10.0 Å². The summed E-state index contributed by atoms with van der Waals surface area (Å²) < 4.78 is 5.89. The highest BCUT2D eigenvalue weighted by Gasteiger charge is 2.29. The first-order chi connectivity index (χ1) is 20.3. The number of nitrogens with two attached hydrogens (primary N) is 1. The Kier molecular flexibility index (Phi) is 11.7. The average molecular weight is 619 g/mol. The molecule has 5 rings (SSSR count). The van der Waals surface area contributed by atoms with Gasteiger partial charge in [-0.1, -0.05) is 42.3 Å². The molecule has 3 amide bonds. The van der Waals surface area contributed by atoms with Gasteiger partial charge in [0.15, 0.2) is 0 Å². The Bertz CT molecular complexity index is 1250. The number of rotatable bonds is 10. The van der Waals surface area contributed by atoms with E-state index in [1.807, 2.05) is 37.3 Å². The lowest BCUT2D eigenvalue weighted by Gasteiger charge is -2.36. The smallest absolute Gasteiger partial charge is 0.240 e. The summed E-state index contributed by atoms with van der Waals surface area (Å²) in [5, 5.41) is 4.18. The SMILES string of the molecule is CC[C@@H](C(N)=O)N1CCCC1=O.O=C1CCc2ccc(OCCCCN3CCN(c4cccc(Cl)c4Cl)CC3)cc2N1. The van der Waals surface area contributed by atoms with Crippen LogP contribution in [0.5, 0.6) is 5.75 Å². The molecule has 0 radical (unpaired) electrons. The Morgan fingerprint density at radius 3 is 2.50 bits per heavy atom. The summed E-state index contributed by atoms with van der Waals surface area (Å²) in [4.78, 5) is 40.0. The van der Waals surface area contributed by atoms with Gasteiger partial charge in [0.05, 0.1) is 22.3 Å². The third-order valence-corrected chi connectivity index (χ3v) is 8.77. The first kappa shape index (κ1) is 31.9. The summed E-state index contributed by atoms with van der Waals surface area (Å²) in [6.45, 7) is 8.25. The van der Waals surface area contributed by atoms with Crippen molar-refractivity contribution < 1.29 is 19.1 Å². The molecule has 0 spiro atoms. The molecule has 2 aromatic rings. The van der Waals surface area contributed by atoms with Crippen molar-refractivity contribution in [2.24, 2.45) is 5.73 Å². The molecule has 2 aromatic carbocycles. The summed E-state index contributed by atoms with van der Waals surface area (Å²) >= 11 is 12.5. The average Bonchev–Trinajstić information content (AvgIpc) is 3.40. The van der Waals surface area contributed by atoms with Gasteiger partial charge in [0, 0.05) is 57.3 Å². The summed E-state index contributed by atoms with van der Waals surface area (Å²) in [7, 11) is 0. The van der Waals surface area contributed by atoms with Gasteiger partial charge in [-0.25, -0.2) is 0 Å². The Hall–Kier alpha value is -3.01. The number of ether oxygens (including phenoxy) is 1. The van der Waals surface area contributed by atoms with E-state index in [-0.39, 0.29) is 17.9 Å². The lowest BCUT2D eigenvalue weighted by Crippen LogP contribution is -2.46.